The molecule has 0 atom stereocenters. The van der Waals surface area contributed by atoms with Gasteiger partial charge >= 0.3 is 0 Å². The van der Waals surface area contributed by atoms with Gasteiger partial charge in [0.15, 0.2) is 11.0 Å². The molecular formula is C18H15ClN4S. The van der Waals surface area contributed by atoms with Crippen LogP contribution < -0.4 is 0 Å². The highest BCUT2D eigenvalue weighted by Gasteiger charge is 2.14. The van der Waals surface area contributed by atoms with Crippen molar-refractivity contribution in [3.8, 4) is 17.5 Å². The molecule has 4 nitrogen and oxygen atoms in total. The lowest BCUT2D eigenvalue weighted by atomic mass is 10.1. The number of halogens is 1. The molecule has 0 saturated heterocycles. The molecule has 1 heterocycles. The van der Waals surface area contributed by atoms with Crippen LogP contribution in [-0.4, -0.2) is 14.8 Å². The number of hydrogen-bond acceptors (Lipinski definition) is 4. The molecule has 0 saturated carbocycles. The number of rotatable bonds is 5. The van der Waals surface area contributed by atoms with Crippen molar-refractivity contribution in [3.05, 3.63) is 64.7 Å². The van der Waals surface area contributed by atoms with Gasteiger partial charge in [-0.3, -0.25) is 0 Å². The minimum atomic E-state index is 0.676. The van der Waals surface area contributed by atoms with E-state index in [1.54, 1.807) is 11.8 Å². The Morgan fingerprint density at radius 3 is 2.75 bits per heavy atom. The highest BCUT2D eigenvalue weighted by Crippen LogP contribution is 2.28. The summed E-state index contributed by atoms with van der Waals surface area (Å²) in [7, 11) is 0. The molecule has 1 aromatic heterocycles. The zero-order valence-electron chi connectivity index (χ0n) is 13.1. The van der Waals surface area contributed by atoms with Gasteiger partial charge in [0, 0.05) is 22.9 Å². The second-order valence-electron chi connectivity index (χ2n) is 5.12. The first-order valence-electron chi connectivity index (χ1n) is 7.53. The van der Waals surface area contributed by atoms with Crippen molar-refractivity contribution in [2.24, 2.45) is 0 Å². The number of nitriles is 1. The third-order valence-corrected chi connectivity index (χ3v) is 4.86. The SMILES string of the molecule is CCn1c(SCc2ccccc2C#N)nnc1-c1cccc(Cl)c1. The Kier molecular flexibility index (Phi) is 5.19. The van der Waals surface area contributed by atoms with E-state index in [4.69, 9.17) is 11.6 Å². The Labute approximate surface area is 150 Å². The fourth-order valence-electron chi connectivity index (χ4n) is 2.42. The van der Waals surface area contributed by atoms with E-state index in [1.807, 2.05) is 48.5 Å². The second kappa shape index (κ2) is 7.52. The first kappa shape index (κ1) is 16.6. The van der Waals surface area contributed by atoms with Gasteiger partial charge in [0.1, 0.15) is 0 Å². The van der Waals surface area contributed by atoms with Gasteiger partial charge in [-0.25, -0.2) is 0 Å². The average molecular weight is 355 g/mol. The second-order valence-corrected chi connectivity index (χ2v) is 6.50. The lowest BCUT2D eigenvalue weighted by Gasteiger charge is -2.08. The topological polar surface area (TPSA) is 54.5 Å². The molecule has 0 bridgehead atoms. The van der Waals surface area contributed by atoms with E-state index in [-0.39, 0.29) is 0 Å². The number of thioether (sulfide) groups is 1. The Bertz CT molecular complexity index is 898. The monoisotopic (exact) mass is 354 g/mol. The zero-order valence-corrected chi connectivity index (χ0v) is 14.7. The Morgan fingerprint density at radius 1 is 1.17 bits per heavy atom. The maximum atomic E-state index is 9.19. The molecule has 0 fully saturated rings. The lowest BCUT2D eigenvalue weighted by molar-refractivity contribution is 0.687. The van der Waals surface area contributed by atoms with Gasteiger partial charge in [-0.15, -0.1) is 10.2 Å². The molecule has 2 aromatic carbocycles. The van der Waals surface area contributed by atoms with E-state index >= 15 is 0 Å². The van der Waals surface area contributed by atoms with Crippen LogP contribution in [0.5, 0.6) is 0 Å². The smallest absolute Gasteiger partial charge is 0.191 e. The molecule has 0 aliphatic rings. The highest BCUT2D eigenvalue weighted by atomic mass is 35.5. The van der Waals surface area contributed by atoms with E-state index in [0.717, 1.165) is 28.7 Å². The summed E-state index contributed by atoms with van der Waals surface area (Å²) in [6.45, 7) is 2.82. The largest absolute Gasteiger partial charge is 0.302 e. The summed E-state index contributed by atoms with van der Waals surface area (Å²) in [5.74, 6) is 1.48. The summed E-state index contributed by atoms with van der Waals surface area (Å²) in [6, 6.07) is 17.4. The van der Waals surface area contributed by atoms with Crippen molar-refractivity contribution < 1.29 is 0 Å². The molecule has 0 spiro atoms. The normalized spacial score (nSPS) is 10.5. The fourth-order valence-corrected chi connectivity index (χ4v) is 3.62. The summed E-state index contributed by atoms with van der Waals surface area (Å²) in [6.07, 6.45) is 0. The van der Waals surface area contributed by atoms with Gasteiger partial charge < -0.3 is 4.57 Å². The molecule has 24 heavy (non-hydrogen) atoms. The summed E-state index contributed by atoms with van der Waals surface area (Å²) in [4.78, 5) is 0. The number of benzene rings is 2. The lowest BCUT2D eigenvalue weighted by Crippen LogP contribution is -2.00. The molecule has 0 aliphatic heterocycles. The summed E-state index contributed by atoms with van der Waals surface area (Å²) >= 11 is 7.66. The van der Waals surface area contributed by atoms with Crippen molar-refractivity contribution in [1.29, 1.82) is 5.26 Å². The predicted molar refractivity (Wildman–Crippen MR) is 96.9 cm³/mol. The molecule has 0 unspecified atom stereocenters. The minimum Gasteiger partial charge on any atom is -0.302 e. The van der Waals surface area contributed by atoms with E-state index in [0.29, 0.717) is 16.3 Å². The zero-order chi connectivity index (χ0) is 16.9. The van der Waals surface area contributed by atoms with Crippen molar-refractivity contribution in [2.45, 2.75) is 24.4 Å². The Morgan fingerprint density at radius 2 is 2.00 bits per heavy atom. The first-order valence-corrected chi connectivity index (χ1v) is 8.89. The van der Waals surface area contributed by atoms with Gasteiger partial charge in [-0.05, 0) is 30.7 Å². The van der Waals surface area contributed by atoms with Gasteiger partial charge in [0.2, 0.25) is 0 Å². The number of nitrogens with zero attached hydrogens (tertiary/aromatic N) is 4. The van der Waals surface area contributed by atoms with Gasteiger partial charge in [-0.2, -0.15) is 5.26 Å². The predicted octanol–water partition coefficient (Wildman–Crippen LogP) is 4.78. The molecule has 0 aliphatic carbocycles. The quantitative estimate of drug-likeness (QED) is 0.618. The third-order valence-electron chi connectivity index (χ3n) is 3.61. The fraction of sp³-hybridized carbons (Fsp3) is 0.167. The maximum absolute atomic E-state index is 9.19. The van der Waals surface area contributed by atoms with Crippen molar-refractivity contribution in [1.82, 2.24) is 14.8 Å². The van der Waals surface area contributed by atoms with Gasteiger partial charge in [0.05, 0.1) is 11.6 Å². The molecular weight excluding hydrogens is 340 g/mol. The van der Waals surface area contributed by atoms with E-state index in [2.05, 4.69) is 27.8 Å². The van der Waals surface area contributed by atoms with Crippen molar-refractivity contribution in [2.75, 3.05) is 0 Å². The molecule has 120 valence electrons. The number of hydrogen-bond donors (Lipinski definition) is 0. The van der Waals surface area contributed by atoms with Crippen LogP contribution in [0.3, 0.4) is 0 Å². The first-order chi connectivity index (χ1) is 11.7. The average Bonchev–Trinajstić information content (AvgIpc) is 3.03. The summed E-state index contributed by atoms with van der Waals surface area (Å²) < 4.78 is 2.06. The summed E-state index contributed by atoms with van der Waals surface area (Å²) in [5, 5.41) is 19.3. The number of aromatic nitrogens is 3. The molecule has 3 aromatic rings. The molecule has 3 rings (SSSR count). The van der Waals surface area contributed by atoms with Crippen LogP contribution >= 0.6 is 23.4 Å². The van der Waals surface area contributed by atoms with Gasteiger partial charge in [-0.1, -0.05) is 53.7 Å². The van der Waals surface area contributed by atoms with Crippen LogP contribution in [0.4, 0.5) is 0 Å². The Balaban J connectivity index is 1.86. The molecule has 0 amide bonds. The van der Waals surface area contributed by atoms with E-state index in [9.17, 15) is 5.26 Å². The van der Waals surface area contributed by atoms with E-state index in [1.165, 1.54) is 0 Å². The third kappa shape index (κ3) is 3.45. The van der Waals surface area contributed by atoms with Crippen molar-refractivity contribution >= 4 is 23.4 Å². The van der Waals surface area contributed by atoms with Crippen LogP contribution in [0.25, 0.3) is 11.4 Å². The molecule has 6 heteroatoms. The Hall–Kier alpha value is -2.29. The molecule has 0 radical (unpaired) electrons. The van der Waals surface area contributed by atoms with Crippen molar-refractivity contribution in [3.63, 3.8) is 0 Å². The minimum absolute atomic E-state index is 0.676. The summed E-state index contributed by atoms with van der Waals surface area (Å²) in [5.41, 5.74) is 2.64. The van der Waals surface area contributed by atoms with E-state index < -0.39 is 0 Å². The maximum Gasteiger partial charge on any atom is 0.191 e. The van der Waals surface area contributed by atoms with Gasteiger partial charge in [0.25, 0.3) is 0 Å². The standard InChI is InChI=1S/C18H15ClN4S/c1-2-23-17(13-8-5-9-16(19)10-13)21-22-18(23)24-12-15-7-4-3-6-14(15)11-20/h3-10H,2,12H2,1H3. The van der Waals surface area contributed by atoms with Crippen LogP contribution in [0.15, 0.2) is 53.7 Å². The van der Waals surface area contributed by atoms with Crippen LogP contribution in [0.2, 0.25) is 5.02 Å². The van der Waals surface area contributed by atoms with Crippen LogP contribution in [0, 0.1) is 11.3 Å². The molecule has 0 N–H and O–H groups in total. The highest BCUT2D eigenvalue weighted by molar-refractivity contribution is 7.98. The van der Waals surface area contributed by atoms with Crippen LogP contribution in [0.1, 0.15) is 18.1 Å². The van der Waals surface area contributed by atoms with Crippen LogP contribution in [-0.2, 0) is 12.3 Å².